The van der Waals surface area contributed by atoms with Gasteiger partial charge in [0.2, 0.25) is 5.95 Å². The lowest BCUT2D eigenvalue weighted by atomic mass is 10.3. The normalized spacial score (nSPS) is 10.1. The van der Waals surface area contributed by atoms with E-state index in [0.717, 1.165) is 25.1 Å². The molecule has 2 nitrogen and oxygen atoms in total. The van der Waals surface area contributed by atoms with Crippen LogP contribution >= 0.6 is 0 Å². The van der Waals surface area contributed by atoms with Gasteiger partial charge in [-0.2, -0.15) is 4.39 Å². The van der Waals surface area contributed by atoms with Gasteiger partial charge in [-0.3, -0.25) is 0 Å². The second-order valence-corrected chi connectivity index (χ2v) is 3.10. The summed E-state index contributed by atoms with van der Waals surface area (Å²) in [4.78, 5) is 3.66. The van der Waals surface area contributed by atoms with Crippen molar-refractivity contribution in [2.75, 3.05) is 11.9 Å². The molecule has 0 aromatic carbocycles. The Hall–Kier alpha value is -1.12. The quantitative estimate of drug-likeness (QED) is 0.572. The highest BCUT2D eigenvalue weighted by molar-refractivity contribution is 5.43. The van der Waals surface area contributed by atoms with E-state index in [1.54, 1.807) is 6.92 Å². The lowest BCUT2D eigenvalue weighted by molar-refractivity contribution is 0.580. The monoisotopic (exact) mass is 182 g/mol. The van der Waals surface area contributed by atoms with Crippen LogP contribution in [0.1, 0.15) is 25.5 Å². The average Bonchev–Trinajstić information content (AvgIpc) is 2.03. The smallest absolute Gasteiger partial charge is 0.215 e. The van der Waals surface area contributed by atoms with Crippen LogP contribution < -0.4 is 5.32 Å². The zero-order valence-electron chi connectivity index (χ0n) is 8.10. The number of pyridine rings is 1. The van der Waals surface area contributed by atoms with Gasteiger partial charge in [0, 0.05) is 24.0 Å². The molecule has 0 amide bonds. The molecule has 0 saturated heterocycles. The minimum absolute atomic E-state index is 0.418. The van der Waals surface area contributed by atoms with Crippen LogP contribution in [0.2, 0.25) is 0 Å². The van der Waals surface area contributed by atoms with Crippen molar-refractivity contribution in [1.82, 2.24) is 4.98 Å². The van der Waals surface area contributed by atoms with E-state index >= 15 is 0 Å². The SMILES string of the molecule is CCCCNc1cc(C)nc(F)c1. The maximum Gasteiger partial charge on any atom is 0.215 e. The Balaban J connectivity index is 2.56. The summed E-state index contributed by atoms with van der Waals surface area (Å²) in [6.45, 7) is 4.80. The summed E-state index contributed by atoms with van der Waals surface area (Å²) in [6, 6.07) is 3.27. The van der Waals surface area contributed by atoms with Gasteiger partial charge in [0.25, 0.3) is 0 Å². The molecule has 0 saturated carbocycles. The predicted octanol–water partition coefficient (Wildman–Crippen LogP) is 2.74. The molecular weight excluding hydrogens is 167 g/mol. The highest BCUT2D eigenvalue weighted by Crippen LogP contribution is 2.09. The fourth-order valence-electron chi connectivity index (χ4n) is 1.14. The number of aromatic nitrogens is 1. The van der Waals surface area contributed by atoms with Crippen molar-refractivity contribution in [1.29, 1.82) is 0 Å². The third-order valence-electron chi connectivity index (χ3n) is 1.78. The molecule has 0 aliphatic carbocycles. The van der Waals surface area contributed by atoms with Crippen LogP contribution in [-0.2, 0) is 0 Å². The van der Waals surface area contributed by atoms with E-state index in [9.17, 15) is 4.39 Å². The first-order chi connectivity index (χ1) is 6.22. The van der Waals surface area contributed by atoms with Crippen molar-refractivity contribution in [3.8, 4) is 0 Å². The summed E-state index contributed by atoms with van der Waals surface area (Å²) in [5.74, 6) is -0.418. The second-order valence-electron chi connectivity index (χ2n) is 3.10. The summed E-state index contributed by atoms with van der Waals surface area (Å²) in [5, 5.41) is 3.15. The predicted molar refractivity (Wildman–Crippen MR) is 52.3 cm³/mol. The highest BCUT2D eigenvalue weighted by Gasteiger charge is 1.97. The molecular formula is C10H15FN2. The van der Waals surface area contributed by atoms with Crippen molar-refractivity contribution in [2.24, 2.45) is 0 Å². The van der Waals surface area contributed by atoms with Gasteiger partial charge in [-0.05, 0) is 19.4 Å². The van der Waals surface area contributed by atoms with E-state index in [2.05, 4.69) is 17.2 Å². The van der Waals surface area contributed by atoms with Gasteiger partial charge in [-0.25, -0.2) is 4.98 Å². The molecule has 0 fully saturated rings. The van der Waals surface area contributed by atoms with Crippen molar-refractivity contribution in [3.63, 3.8) is 0 Å². The van der Waals surface area contributed by atoms with E-state index < -0.39 is 5.95 Å². The second kappa shape index (κ2) is 4.80. The van der Waals surface area contributed by atoms with E-state index in [1.807, 2.05) is 6.07 Å². The Labute approximate surface area is 78.2 Å². The molecule has 1 heterocycles. The van der Waals surface area contributed by atoms with E-state index in [-0.39, 0.29) is 0 Å². The molecule has 1 aromatic heterocycles. The van der Waals surface area contributed by atoms with Gasteiger partial charge in [0.05, 0.1) is 0 Å². The molecule has 0 unspecified atom stereocenters. The van der Waals surface area contributed by atoms with Crippen LogP contribution in [0.15, 0.2) is 12.1 Å². The minimum Gasteiger partial charge on any atom is -0.385 e. The van der Waals surface area contributed by atoms with Crippen LogP contribution in [0, 0.1) is 12.9 Å². The number of hydrogen-bond acceptors (Lipinski definition) is 2. The highest BCUT2D eigenvalue weighted by atomic mass is 19.1. The van der Waals surface area contributed by atoms with Gasteiger partial charge < -0.3 is 5.32 Å². The van der Waals surface area contributed by atoms with E-state index in [1.165, 1.54) is 6.07 Å². The topological polar surface area (TPSA) is 24.9 Å². The number of nitrogens with zero attached hydrogens (tertiary/aromatic N) is 1. The Kier molecular flexibility index (Phi) is 3.68. The molecule has 3 heteroatoms. The lowest BCUT2D eigenvalue weighted by Crippen LogP contribution is -2.02. The summed E-state index contributed by atoms with van der Waals surface area (Å²) in [6.07, 6.45) is 2.24. The van der Waals surface area contributed by atoms with E-state index in [0.29, 0.717) is 5.69 Å². The maximum absolute atomic E-state index is 12.8. The molecule has 0 atom stereocenters. The van der Waals surface area contributed by atoms with Crippen LogP contribution in [0.25, 0.3) is 0 Å². The largest absolute Gasteiger partial charge is 0.385 e. The molecule has 1 N–H and O–H groups in total. The fourth-order valence-corrected chi connectivity index (χ4v) is 1.14. The third-order valence-corrected chi connectivity index (χ3v) is 1.78. The van der Waals surface area contributed by atoms with E-state index in [4.69, 9.17) is 0 Å². The molecule has 0 radical (unpaired) electrons. The van der Waals surface area contributed by atoms with Gasteiger partial charge in [0.1, 0.15) is 0 Å². The Morgan fingerprint density at radius 1 is 1.46 bits per heavy atom. The van der Waals surface area contributed by atoms with Crippen LogP contribution in [0.4, 0.5) is 10.1 Å². The summed E-state index contributed by atoms with van der Waals surface area (Å²) >= 11 is 0. The van der Waals surface area contributed by atoms with Gasteiger partial charge >= 0.3 is 0 Å². The first-order valence-electron chi connectivity index (χ1n) is 4.60. The van der Waals surface area contributed by atoms with Crippen LogP contribution in [-0.4, -0.2) is 11.5 Å². The van der Waals surface area contributed by atoms with Gasteiger partial charge in [-0.15, -0.1) is 0 Å². The molecule has 0 aliphatic heterocycles. The Morgan fingerprint density at radius 2 is 2.23 bits per heavy atom. The zero-order valence-corrected chi connectivity index (χ0v) is 8.10. The van der Waals surface area contributed by atoms with Crippen molar-refractivity contribution < 1.29 is 4.39 Å². The maximum atomic E-state index is 12.8. The zero-order chi connectivity index (χ0) is 9.68. The number of nitrogens with one attached hydrogen (secondary N) is 1. The molecule has 1 aromatic rings. The van der Waals surface area contributed by atoms with Crippen LogP contribution in [0.3, 0.4) is 0 Å². The number of hydrogen-bond donors (Lipinski definition) is 1. The Bertz CT molecular complexity index is 253. The first kappa shape index (κ1) is 9.96. The minimum atomic E-state index is -0.418. The summed E-state index contributed by atoms with van der Waals surface area (Å²) < 4.78 is 12.8. The van der Waals surface area contributed by atoms with Crippen molar-refractivity contribution in [3.05, 3.63) is 23.8 Å². The third kappa shape index (κ3) is 3.40. The fraction of sp³-hybridized carbons (Fsp3) is 0.500. The molecule has 72 valence electrons. The van der Waals surface area contributed by atoms with Gasteiger partial charge in [0.15, 0.2) is 0 Å². The molecule has 0 bridgehead atoms. The van der Waals surface area contributed by atoms with Crippen LogP contribution in [0.5, 0.6) is 0 Å². The standard InChI is InChI=1S/C10H15FN2/c1-3-4-5-12-9-6-8(2)13-10(11)7-9/h6-7H,3-5H2,1-2H3,(H,12,13). The van der Waals surface area contributed by atoms with Crippen molar-refractivity contribution >= 4 is 5.69 Å². The molecule has 0 spiro atoms. The number of aryl methyl sites for hydroxylation is 1. The average molecular weight is 182 g/mol. The summed E-state index contributed by atoms with van der Waals surface area (Å²) in [5.41, 5.74) is 1.53. The molecule has 0 aliphatic rings. The molecule has 1 rings (SSSR count). The number of halogens is 1. The lowest BCUT2D eigenvalue weighted by Gasteiger charge is -2.05. The summed E-state index contributed by atoms with van der Waals surface area (Å²) in [7, 11) is 0. The van der Waals surface area contributed by atoms with Crippen molar-refractivity contribution in [2.45, 2.75) is 26.7 Å². The first-order valence-corrected chi connectivity index (χ1v) is 4.60. The number of unbranched alkanes of at least 4 members (excludes halogenated alkanes) is 1. The number of anilines is 1. The number of rotatable bonds is 4. The van der Waals surface area contributed by atoms with Gasteiger partial charge in [-0.1, -0.05) is 13.3 Å². The Morgan fingerprint density at radius 3 is 2.85 bits per heavy atom. The molecule has 13 heavy (non-hydrogen) atoms.